The van der Waals surface area contributed by atoms with Gasteiger partial charge in [0.15, 0.2) is 0 Å². The topological polar surface area (TPSA) is 21.3 Å². The van der Waals surface area contributed by atoms with E-state index in [2.05, 4.69) is 5.32 Å². The van der Waals surface area contributed by atoms with E-state index in [1.54, 1.807) is 7.05 Å². The van der Waals surface area contributed by atoms with Crippen LogP contribution in [0, 0.1) is 5.41 Å². The Bertz CT molecular complexity index is 388. The van der Waals surface area contributed by atoms with Gasteiger partial charge >= 0.3 is 6.18 Å². The molecule has 1 rings (SSSR count). The Balaban J connectivity index is 2.80. The van der Waals surface area contributed by atoms with Crippen LogP contribution in [-0.4, -0.2) is 20.2 Å². The second-order valence-electron chi connectivity index (χ2n) is 4.98. The van der Waals surface area contributed by atoms with Crippen molar-refractivity contribution < 1.29 is 17.9 Å². The van der Waals surface area contributed by atoms with E-state index < -0.39 is 11.7 Å². The fraction of sp³-hybridized carbons (Fsp3) is 0.538. The number of ether oxygens (including phenoxy) is 1. The SMILES string of the molecule is CNCC(C)(C)COc1ccccc1C(F)(F)F. The van der Waals surface area contributed by atoms with E-state index >= 15 is 0 Å². The zero-order valence-electron chi connectivity index (χ0n) is 10.8. The van der Waals surface area contributed by atoms with Crippen molar-refractivity contribution in [3.8, 4) is 5.75 Å². The van der Waals surface area contributed by atoms with Gasteiger partial charge in [-0.15, -0.1) is 0 Å². The van der Waals surface area contributed by atoms with Gasteiger partial charge in [-0.05, 0) is 19.2 Å². The predicted molar refractivity (Wildman–Crippen MR) is 64.6 cm³/mol. The lowest BCUT2D eigenvalue weighted by atomic mass is 9.95. The molecule has 1 N–H and O–H groups in total. The highest BCUT2D eigenvalue weighted by atomic mass is 19.4. The number of para-hydroxylation sites is 1. The van der Waals surface area contributed by atoms with E-state index in [-0.39, 0.29) is 17.8 Å². The van der Waals surface area contributed by atoms with Crippen LogP contribution in [0.4, 0.5) is 13.2 Å². The summed E-state index contributed by atoms with van der Waals surface area (Å²) in [4.78, 5) is 0. The van der Waals surface area contributed by atoms with Crippen molar-refractivity contribution in [1.29, 1.82) is 0 Å². The van der Waals surface area contributed by atoms with Crippen LogP contribution in [-0.2, 0) is 6.18 Å². The molecule has 18 heavy (non-hydrogen) atoms. The minimum Gasteiger partial charge on any atom is -0.492 e. The fourth-order valence-corrected chi connectivity index (χ4v) is 1.63. The third-order valence-electron chi connectivity index (χ3n) is 2.47. The number of nitrogens with one attached hydrogen (secondary N) is 1. The molecule has 0 aromatic heterocycles. The second-order valence-corrected chi connectivity index (χ2v) is 4.98. The van der Waals surface area contributed by atoms with Crippen molar-refractivity contribution in [2.24, 2.45) is 5.41 Å². The van der Waals surface area contributed by atoms with Crippen molar-refractivity contribution >= 4 is 0 Å². The molecule has 0 radical (unpaired) electrons. The van der Waals surface area contributed by atoms with Crippen LogP contribution in [0.3, 0.4) is 0 Å². The molecule has 0 aliphatic heterocycles. The Hall–Kier alpha value is -1.23. The monoisotopic (exact) mass is 261 g/mol. The van der Waals surface area contributed by atoms with E-state index in [0.717, 1.165) is 6.07 Å². The Kier molecular flexibility index (Phi) is 4.62. The van der Waals surface area contributed by atoms with Gasteiger partial charge in [0.25, 0.3) is 0 Å². The average Bonchev–Trinajstić information content (AvgIpc) is 2.26. The Morgan fingerprint density at radius 1 is 1.17 bits per heavy atom. The van der Waals surface area contributed by atoms with Gasteiger partial charge in [0.1, 0.15) is 5.75 Å². The molecule has 0 spiro atoms. The average molecular weight is 261 g/mol. The first-order valence-corrected chi connectivity index (χ1v) is 5.70. The molecule has 5 heteroatoms. The number of hydrogen-bond acceptors (Lipinski definition) is 2. The van der Waals surface area contributed by atoms with Gasteiger partial charge < -0.3 is 10.1 Å². The lowest BCUT2D eigenvalue weighted by molar-refractivity contribution is -0.139. The van der Waals surface area contributed by atoms with Crippen LogP contribution in [0.25, 0.3) is 0 Å². The lowest BCUT2D eigenvalue weighted by Gasteiger charge is -2.25. The van der Waals surface area contributed by atoms with Crippen molar-refractivity contribution in [3.05, 3.63) is 29.8 Å². The van der Waals surface area contributed by atoms with Crippen molar-refractivity contribution in [3.63, 3.8) is 0 Å². The van der Waals surface area contributed by atoms with Gasteiger partial charge in [0, 0.05) is 12.0 Å². The van der Waals surface area contributed by atoms with Crippen molar-refractivity contribution in [1.82, 2.24) is 5.32 Å². The van der Waals surface area contributed by atoms with Crippen molar-refractivity contribution in [2.75, 3.05) is 20.2 Å². The third kappa shape index (κ3) is 4.22. The minimum atomic E-state index is -4.39. The second kappa shape index (κ2) is 5.61. The number of benzene rings is 1. The largest absolute Gasteiger partial charge is 0.492 e. The molecule has 1 aromatic rings. The quantitative estimate of drug-likeness (QED) is 0.877. The van der Waals surface area contributed by atoms with Crippen LogP contribution in [0.2, 0.25) is 0 Å². The smallest absolute Gasteiger partial charge is 0.419 e. The fourth-order valence-electron chi connectivity index (χ4n) is 1.63. The van der Waals surface area contributed by atoms with Gasteiger partial charge in [-0.3, -0.25) is 0 Å². The Labute approximate surface area is 105 Å². The maximum Gasteiger partial charge on any atom is 0.419 e. The first-order chi connectivity index (χ1) is 8.26. The molecule has 0 saturated heterocycles. The molecular weight excluding hydrogens is 243 g/mol. The third-order valence-corrected chi connectivity index (χ3v) is 2.47. The molecule has 0 saturated carbocycles. The van der Waals surface area contributed by atoms with Crippen LogP contribution in [0.15, 0.2) is 24.3 Å². The summed E-state index contributed by atoms with van der Waals surface area (Å²) < 4.78 is 43.5. The molecule has 2 nitrogen and oxygen atoms in total. The van der Waals surface area contributed by atoms with Gasteiger partial charge in [-0.2, -0.15) is 13.2 Å². The summed E-state index contributed by atoms with van der Waals surface area (Å²) in [6, 6.07) is 5.27. The normalized spacial score (nSPS) is 12.6. The Morgan fingerprint density at radius 2 is 1.78 bits per heavy atom. The van der Waals surface area contributed by atoms with E-state index in [4.69, 9.17) is 4.74 Å². The number of halogens is 3. The molecular formula is C13H18F3NO. The van der Waals surface area contributed by atoms with E-state index in [1.807, 2.05) is 13.8 Å². The first-order valence-electron chi connectivity index (χ1n) is 5.70. The summed E-state index contributed by atoms with van der Waals surface area (Å²) in [6.45, 7) is 4.75. The maximum atomic E-state index is 12.7. The molecule has 0 fully saturated rings. The summed E-state index contributed by atoms with van der Waals surface area (Å²) in [7, 11) is 1.80. The zero-order valence-corrected chi connectivity index (χ0v) is 10.8. The summed E-state index contributed by atoms with van der Waals surface area (Å²) in [5, 5.41) is 2.99. The van der Waals surface area contributed by atoms with Crippen LogP contribution in [0.5, 0.6) is 5.75 Å². The van der Waals surface area contributed by atoms with Gasteiger partial charge in [0.05, 0.1) is 12.2 Å². The van der Waals surface area contributed by atoms with Crippen LogP contribution in [0.1, 0.15) is 19.4 Å². The van der Waals surface area contributed by atoms with Gasteiger partial charge in [0.2, 0.25) is 0 Å². The summed E-state index contributed by atoms with van der Waals surface area (Å²) in [5.41, 5.74) is -0.960. The lowest BCUT2D eigenvalue weighted by Crippen LogP contribution is -2.32. The van der Waals surface area contributed by atoms with Crippen LogP contribution >= 0.6 is 0 Å². The predicted octanol–water partition coefficient (Wildman–Crippen LogP) is 3.33. The molecule has 0 aliphatic carbocycles. The van der Waals surface area contributed by atoms with E-state index in [1.165, 1.54) is 18.2 Å². The maximum absolute atomic E-state index is 12.7. The standard InChI is InChI=1S/C13H18F3NO/c1-12(2,8-17-3)9-18-11-7-5-4-6-10(11)13(14,15)16/h4-7,17H,8-9H2,1-3H3. The molecule has 1 aromatic carbocycles. The van der Waals surface area contributed by atoms with Gasteiger partial charge in [-0.1, -0.05) is 26.0 Å². The molecule has 0 aliphatic rings. The first kappa shape index (κ1) is 14.8. The Morgan fingerprint density at radius 3 is 2.33 bits per heavy atom. The minimum absolute atomic E-state index is 0.117. The van der Waals surface area contributed by atoms with Gasteiger partial charge in [-0.25, -0.2) is 0 Å². The molecule has 102 valence electrons. The molecule has 0 atom stereocenters. The van der Waals surface area contributed by atoms with Crippen molar-refractivity contribution in [2.45, 2.75) is 20.0 Å². The van der Waals surface area contributed by atoms with Crippen LogP contribution < -0.4 is 10.1 Å². The molecule has 0 heterocycles. The summed E-state index contributed by atoms with van der Waals surface area (Å²) >= 11 is 0. The van der Waals surface area contributed by atoms with E-state index in [0.29, 0.717) is 6.54 Å². The molecule has 0 amide bonds. The number of alkyl halides is 3. The highest BCUT2D eigenvalue weighted by Gasteiger charge is 2.34. The number of hydrogen-bond donors (Lipinski definition) is 1. The summed E-state index contributed by atoms with van der Waals surface area (Å²) in [6.07, 6.45) is -4.39. The zero-order chi connectivity index (χ0) is 13.8. The number of rotatable bonds is 5. The molecule has 0 unspecified atom stereocenters. The highest BCUT2D eigenvalue weighted by molar-refractivity contribution is 5.35. The van der Waals surface area contributed by atoms with E-state index in [9.17, 15) is 13.2 Å². The summed E-state index contributed by atoms with van der Waals surface area (Å²) in [5.74, 6) is -0.117. The highest BCUT2D eigenvalue weighted by Crippen LogP contribution is 2.36. The molecule has 0 bridgehead atoms.